The molecule has 92 valence electrons. The van der Waals surface area contributed by atoms with E-state index in [4.69, 9.17) is 4.42 Å². The van der Waals surface area contributed by atoms with E-state index in [9.17, 15) is 19.7 Å². The summed E-state index contributed by atoms with van der Waals surface area (Å²) in [5.74, 6) is -1.11. The molecule has 1 aromatic heterocycles. The third-order valence-electron chi connectivity index (χ3n) is 2.32. The van der Waals surface area contributed by atoms with Gasteiger partial charge in [0, 0.05) is 12.1 Å². The van der Waals surface area contributed by atoms with E-state index in [1.54, 1.807) is 0 Å². The lowest BCUT2D eigenvalue weighted by Gasteiger charge is -2.01. The van der Waals surface area contributed by atoms with Crippen LogP contribution in [0.4, 0.5) is 5.69 Å². The van der Waals surface area contributed by atoms with Gasteiger partial charge in [-0.05, 0) is 6.07 Å². The van der Waals surface area contributed by atoms with E-state index in [0.717, 1.165) is 13.2 Å². The van der Waals surface area contributed by atoms with Crippen LogP contribution in [0.3, 0.4) is 0 Å². The summed E-state index contributed by atoms with van der Waals surface area (Å²) < 4.78 is 9.52. The number of rotatable bonds is 2. The molecule has 0 amide bonds. The van der Waals surface area contributed by atoms with Crippen LogP contribution < -0.4 is 5.43 Å². The van der Waals surface area contributed by atoms with Crippen LogP contribution in [0.2, 0.25) is 0 Å². The van der Waals surface area contributed by atoms with Gasteiger partial charge < -0.3 is 9.15 Å². The Kier molecular flexibility index (Phi) is 2.80. The van der Waals surface area contributed by atoms with Gasteiger partial charge in [0.05, 0.1) is 12.0 Å². The van der Waals surface area contributed by atoms with Gasteiger partial charge in [0.1, 0.15) is 11.0 Å². The molecule has 0 saturated heterocycles. The van der Waals surface area contributed by atoms with Gasteiger partial charge in [0.2, 0.25) is 11.2 Å². The second-order valence-corrected chi connectivity index (χ2v) is 3.37. The highest BCUT2D eigenvalue weighted by atomic mass is 16.6. The van der Waals surface area contributed by atoms with Gasteiger partial charge in [0.25, 0.3) is 5.69 Å². The molecule has 2 rings (SSSR count). The third kappa shape index (κ3) is 1.81. The first kappa shape index (κ1) is 11.8. The van der Waals surface area contributed by atoms with Crippen molar-refractivity contribution in [2.45, 2.75) is 0 Å². The van der Waals surface area contributed by atoms with Crippen molar-refractivity contribution in [3.05, 3.63) is 50.4 Å². The summed E-state index contributed by atoms with van der Waals surface area (Å²) in [5, 5.41) is 10.6. The Labute approximate surface area is 99.7 Å². The van der Waals surface area contributed by atoms with Crippen LogP contribution in [0, 0.1) is 10.1 Å². The number of carbonyl (C=O) groups excluding carboxylic acids is 1. The molecule has 7 heteroatoms. The number of non-ortho nitro benzene ring substituents is 1. The Morgan fingerprint density at radius 3 is 2.78 bits per heavy atom. The smallest absolute Gasteiger partial charge is 0.374 e. The van der Waals surface area contributed by atoms with Crippen LogP contribution in [-0.4, -0.2) is 18.0 Å². The summed E-state index contributed by atoms with van der Waals surface area (Å²) in [6, 6.07) is 4.80. The summed E-state index contributed by atoms with van der Waals surface area (Å²) >= 11 is 0. The summed E-state index contributed by atoms with van der Waals surface area (Å²) in [7, 11) is 1.14. The third-order valence-corrected chi connectivity index (χ3v) is 2.32. The molecule has 1 aromatic carbocycles. The molecule has 0 radical (unpaired) electrons. The Bertz CT molecular complexity index is 702. The predicted molar refractivity (Wildman–Crippen MR) is 60.5 cm³/mol. The Hall–Kier alpha value is -2.70. The minimum atomic E-state index is -0.819. The molecule has 0 N–H and O–H groups in total. The number of hydrogen-bond donors (Lipinski definition) is 0. The number of hydrogen-bond acceptors (Lipinski definition) is 6. The molecule has 0 aliphatic rings. The lowest BCUT2D eigenvalue weighted by atomic mass is 10.2. The maximum absolute atomic E-state index is 11.8. The number of methoxy groups -OCH3 is 1. The van der Waals surface area contributed by atoms with Crippen LogP contribution >= 0.6 is 0 Å². The van der Waals surface area contributed by atoms with E-state index >= 15 is 0 Å². The topological polar surface area (TPSA) is 99.7 Å². The highest BCUT2D eigenvalue weighted by Crippen LogP contribution is 2.22. The zero-order chi connectivity index (χ0) is 13.3. The van der Waals surface area contributed by atoms with Crippen molar-refractivity contribution in [2.24, 2.45) is 0 Å². The first-order valence-corrected chi connectivity index (χ1v) is 4.84. The fraction of sp³-hybridized carbons (Fsp3) is 0.0909. The number of ether oxygens (including phenoxy) is 1. The zero-order valence-corrected chi connectivity index (χ0v) is 9.21. The van der Waals surface area contributed by atoms with E-state index in [0.29, 0.717) is 0 Å². The molecule has 0 atom stereocenters. The molecular weight excluding hydrogens is 242 g/mol. The van der Waals surface area contributed by atoms with Gasteiger partial charge in [-0.15, -0.1) is 0 Å². The fourth-order valence-electron chi connectivity index (χ4n) is 1.54. The molecule has 0 unspecified atom stereocenters. The van der Waals surface area contributed by atoms with Gasteiger partial charge in [-0.2, -0.15) is 0 Å². The average molecular weight is 249 g/mol. The van der Waals surface area contributed by atoms with Crippen LogP contribution in [-0.2, 0) is 4.74 Å². The van der Waals surface area contributed by atoms with Gasteiger partial charge in [0.15, 0.2) is 0 Å². The number of nitro groups is 1. The first-order valence-electron chi connectivity index (χ1n) is 4.84. The van der Waals surface area contributed by atoms with Crippen molar-refractivity contribution in [1.82, 2.24) is 0 Å². The quantitative estimate of drug-likeness (QED) is 0.454. The Morgan fingerprint density at radius 2 is 2.17 bits per heavy atom. The number of nitrogens with zero attached hydrogens (tertiary/aromatic N) is 1. The zero-order valence-electron chi connectivity index (χ0n) is 9.21. The van der Waals surface area contributed by atoms with Gasteiger partial charge in [-0.1, -0.05) is 6.07 Å². The maximum Gasteiger partial charge on any atom is 0.374 e. The first-order chi connectivity index (χ1) is 8.54. The normalized spacial score (nSPS) is 10.3. The van der Waals surface area contributed by atoms with E-state index in [1.807, 2.05) is 0 Å². The van der Waals surface area contributed by atoms with E-state index in [2.05, 4.69) is 4.74 Å². The van der Waals surface area contributed by atoms with Crippen LogP contribution in [0.1, 0.15) is 10.6 Å². The second-order valence-electron chi connectivity index (χ2n) is 3.37. The number of esters is 1. The van der Waals surface area contributed by atoms with Crippen LogP contribution in [0.5, 0.6) is 0 Å². The van der Waals surface area contributed by atoms with Gasteiger partial charge in [-0.3, -0.25) is 14.9 Å². The van der Waals surface area contributed by atoms with E-state index in [-0.39, 0.29) is 22.4 Å². The highest BCUT2D eigenvalue weighted by Gasteiger charge is 2.19. The average Bonchev–Trinajstić information content (AvgIpc) is 2.36. The minimum Gasteiger partial charge on any atom is -0.463 e. The maximum atomic E-state index is 11.8. The van der Waals surface area contributed by atoms with Crippen molar-refractivity contribution >= 4 is 22.6 Å². The van der Waals surface area contributed by atoms with Gasteiger partial charge in [-0.25, -0.2) is 4.79 Å². The van der Waals surface area contributed by atoms with Crippen molar-refractivity contribution in [3.8, 4) is 0 Å². The summed E-state index contributed by atoms with van der Waals surface area (Å²) in [5.41, 5.74) is -1.06. The molecule has 7 nitrogen and oxygen atoms in total. The molecule has 0 saturated carbocycles. The number of carbonyl (C=O) groups is 1. The Balaban J connectivity index is 2.81. The van der Waals surface area contributed by atoms with E-state index < -0.39 is 16.3 Å². The van der Waals surface area contributed by atoms with Crippen molar-refractivity contribution in [2.75, 3.05) is 7.11 Å². The number of benzene rings is 1. The molecule has 0 aliphatic carbocycles. The highest BCUT2D eigenvalue weighted by molar-refractivity contribution is 5.91. The molecule has 0 aliphatic heterocycles. The summed E-state index contributed by atoms with van der Waals surface area (Å²) in [6.07, 6.45) is 0. The monoisotopic (exact) mass is 249 g/mol. The van der Waals surface area contributed by atoms with E-state index in [1.165, 1.54) is 18.2 Å². The van der Waals surface area contributed by atoms with Crippen molar-refractivity contribution in [1.29, 1.82) is 0 Å². The molecule has 0 fully saturated rings. The lowest BCUT2D eigenvalue weighted by molar-refractivity contribution is -0.383. The van der Waals surface area contributed by atoms with Gasteiger partial charge >= 0.3 is 5.97 Å². The predicted octanol–water partition coefficient (Wildman–Crippen LogP) is 1.49. The Morgan fingerprint density at radius 1 is 1.44 bits per heavy atom. The molecular formula is C11H7NO6. The van der Waals surface area contributed by atoms with Crippen LogP contribution in [0.25, 0.3) is 11.0 Å². The second kappa shape index (κ2) is 4.28. The standard InChI is InChI=1S/C11H7NO6/c1-17-11(14)9-5-7(13)10-6(12(15)16)3-2-4-8(10)18-9/h2-5H,1H3. The number of fused-ring (bicyclic) bond motifs is 1. The van der Waals surface area contributed by atoms with Crippen molar-refractivity contribution < 1.29 is 18.9 Å². The SMILES string of the molecule is COC(=O)c1cc(=O)c2c([N+](=O)[O-])cccc2o1. The minimum absolute atomic E-state index is 0.0305. The fourth-order valence-corrected chi connectivity index (χ4v) is 1.54. The molecule has 0 spiro atoms. The lowest BCUT2D eigenvalue weighted by Crippen LogP contribution is -2.09. The number of nitro benzene ring substituents is 1. The molecule has 18 heavy (non-hydrogen) atoms. The van der Waals surface area contributed by atoms with Crippen molar-refractivity contribution in [3.63, 3.8) is 0 Å². The summed E-state index contributed by atoms with van der Waals surface area (Å²) in [6.45, 7) is 0. The molecule has 1 heterocycles. The molecule has 2 aromatic rings. The van der Waals surface area contributed by atoms with Crippen LogP contribution in [0.15, 0.2) is 33.5 Å². The largest absolute Gasteiger partial charge is 0.463 e. The summed E-state index contributed by atoms with van der Waals surface area (Å²) in [4.78, 5) is 33.1. The molecule has 0 bridgehead atoms.